The number of carbonyl (C=O) groups excluding carboxylic acids is 1. The molecule has 0 bridgehead atoms. The number of piperidine rings is 1. The molecule has 102 valence electrons. The smallest absolute Gasteiger partial charge is 0.246 e. The summed E-state index contributed by atoms with van der Waals surface area (Å²) in [5.74, 6) is 0.114. The van der Waals surface area contributed by atoms with E-state index < -0.39 is 5.60 Å². The average Bonchev–Trinajstić information content (AvgIpc) is 2.36. The summed E-state index contributed by atoms with van der Waals surface area (Å²) in [5, 5.41) is 19.1. The molecule has 1 aromatic carbocycles. The molecule has 1 saturated heterocycles. The summed E-state index contributed by atoms with van der Waals surface area (Å²) in [4.78, 5) is 13.7. The Morgan fingerprint density at radius 2 is 2.05 bits per heavy atom. The van der Waals surface area contributed by atoms with Crippen molar-refractivity contribution in [3.63, 3.8) is 0 Å². The zero-order chi connectivity index (χ0) is 13.9. The number of carbonyl (C=O) groups is 1. The lowest BCUT2D eigenvalue weighted by Gasteiger charge is -2.36. The fourth-order valence-corrected chi connectivity index (χ4v) is 2.27. The predicted octanol–water partition coefficient (Wildman–Crippen LogP) is 1.78. The minimum atomic E-state index is -0.777. The number of amides is 1. The maximum atomic E-state index is 12.0. The Morgan fingerprint density at radius 1 is 1.37 bits per heavy atom. The van der Waals surface area contributed by atoms with Crippen LogP contribution >= 0.6 is 0 Å². The van der Waals surface area contributed by atoms with Crippen LogP contribution in [0.1, 0.15) is 25.3 Å². The number of likely N-dealkylation sites (tertiary alicyclic amines) is 1. The van der Waals surface area contributed by atoms with Gasteiger partial charge in [-0.15, -0.1) is 0 Å². The second-order valence-electron chi connectivity index (χ2n) is 5.29. The molecule has 4 nitrogen and oxygen atoms in total. The van der Waals surface area contributed by atoms with Gasteiger partial charge in [0.25, 0.3) is 0 Å². The number of nitrogens with zero attached hydrogens (tertiary/aromatic N) is 1. The highest BCUT2D eigenvalue weighted by molar-refractivity contribution is 5.91. The van der Waals surface area contributed by atoms with Crippen molar-refractivity contribution in [2.75, 3.05) is 13.1 Å². The zero-order valence-electron chi connectivity index (χ0n) is 11.0. The number of aromatic hydroxyl groups is 1. The normalized spacial score (nSPS) is 23.8. The molecule has 2 N–H and O–H groups in total. The third kappa shape index (κ3) is 3.83. The van der Waals surface area contributed by atoms with Crippen molar-refractivity contribution in [1.29, 1.82) is 0 Å². The van der Waals surface area contributed by atoms with Crippen LogP contribution in [0.5, 0.6) is 5.75 Å². The van der Waals surface area contributed by atoms with Crippen molar-refractivity contribution in [3.05, 3.63) is 35.9 Å². The Balaban J connectivity index is 1.98. The number of phenolic OH excluding ortho intramolecular Hbond substituents is 1. The lowest BCUT2D eigenvalue weighted by molar-refractivity contribution is -0.132. The van der Waals surface area contributed by atoms with Gasteiger partial charge in [0.2, 0.25) is 5.91 Å². The number of rotatable bonds is 2. The largest absolute Gasteiger partial charge is 0.508 e. The number of benzene rings is 1. The highest BCUT2D eigenvalue weighted by atomic mass is 16.3. The van der Waals surface area contributed by atoms with Crippen molar-refractivity contribution in [3.8, 4) is 5.75 Å². The Hall–Kier alpha value is -1.81. The summed E-state index contributed by atoms with van der Waals surface area (Å²) in [6.45, 7) is 2.83. The maximum Gasteiger partial charge on any atom is 0.246 e. The standard InChI is InChI=1S/C15H19NO3/c1-15(19)9-2-10-16(11-15)14(18)8-5-12-3-6-13(17)7-4-12/h3-8,17,19H,2,9-11H2,1H3/b8-5+. The first-order valence-electron chi connectivity index (χ1n) is 6.45. The number of hydrogen-bond acceptors (Lipinski definition) is 3. The van der Waals surface area contributed by atoms with Crippen LogP contribution in [0.3, 0.4) is 0 Å². The maximum absolute atomic E-state index is 12.0. The molecule has 0 aromatic heterocycles. The Morgan fingerprint density at radius 3 is 2.68 bits per heavy atom. The fraction of sp³-hybridized carbons (Fsp3) is 0.400. The van der Waals surface area contributed by atoms with Crippen LogP contribution in [0.15, 0.2) is 30.3 Å². The van der Waals surface area contributed by atoms with Crippen molar-refractivity contribution in [2.24, 2.45) is 0 Å². The molecule has 1 heterocycles. The van der Waals surface area contributed by atoms with Gasteiger partial charge < -0.3 is 15.1 Å². The molecule has 0 saturated carbocycles. The van der Waals surface area contributed by atoms with Crippen molar-refractivity contribution in [2.45, 2.75) is 25.4 Å². The van der Waals surface area contributed by atoms with E-state index in [4.69, 9.17) is 5.11 Å². The van der Waals surface area contributed by atoms with E-state index >= 15 is 0 Å². The molecule has 1 aromatic rings. The first-order valence-corrected chi connectivity index (χ1v) is 6.45. The van der Waals surface area contributed by atoms with Crippen LogP contribution in [-0.4, -0.2) is 39.7 Å². The molecule has 0 spiro atoms. The van der Waals surface area contributed by atoms with E-state index in [0.29, 0.717) is 13.1 Å². The summed E-state index contributed by atoms with van der Waals surface area (Å²) >= 11 is 0. The molecular weight excluding hydrogens is 242 g/mol. The van der Waals surface area contributed by atoms with Gasteiger partial charge in [-0.05, 0) is 43.5 Å². The fourth-order valence-electron chi connectivity index (χ4n) is 2.27. The molecule has 1 atom stereocenters. The van der Waals surface area contributed by atoms with Gasteiger partial charge in [0.1, 0.15) is 5.75 Å². The van der Waals surface area contributed by atoms with E-state index in [-0.39, 0.29) is 11.7 Å². The van der Waals surface area contributed by atoms with E-state index in [0.717, 1.165) is 18.4 Å². The minimum absolute atomic E-state index is 0.0898. The second-order valence-corrected chi connectivity index (χ2v) is 5.29. The van der Waals surface area contributed by atoms with Gasteiger partial charge in [-0.3, -0.25) is 4.79 Å². The number of hydrogen-bond donors (Lipinski definition) is 2. The summed E-state index contributed by atoms with van der Waals surface area (Å²) in [6, 6.07) is 6.64. The molecule has 19 heavy (non-hydrogen) atoms. The molecule has 1 amide bonds. The topological polar surface area (TPSA) is 60.8 Å². The number of aliphatic hydroxyl groups is 1. The lowest BCUT2D eigenvalue weighted by Crippen LogP contribution is -2.48. The third-order valence-electron chi connectivity index (χ3n) is 3.30. The van der Waals surface area contributed by atoms with Crippen LogP contribution in [0.4, 0.5) is 0 Å². The third-order valence-corrected chi connectivity index (χ3v) is 3.30. The second kappa shape index (κ2) is 5.45. The highest BCUT2D eigenvalue weighted by Gasteiger charge is 2.29. The molecule has 1 aliphatic rings. The first-order chi connectivity index (χ1) is 8.96. The number of phenols is 1. The Kier molecular flexibility index (Phi) is 3.90. The predicted molar refractivity (Wildman–Crippen MR) is 73.6 cm³/mol. The molecule has 1 unspecified atom stereocenters. The van der Waals surface area contributed by atoms with Crippen LogP contribution in [0.25, 0.3) is 6.08 Å². The molecule has 0 radical (unpaired) electrons. The van der Waals surface area contributed by atoms with Crippen LogP contribution in [0, 0.1) is 0 Å². The van der Waals surface area contributed by atoms with Gasteiger partial charge >= 0.3 is 0 Å². The van der Waals surface area contributed by atoms with Crippen molar-refractivity contribution >= 4 is 12.0 Å². The summed E-state index contributed by atoms with van der Waals surface area (Å²) in [7, 11) is 0. The minimum Gasteiger partial charge on any atom is -0.508 e. The van der Waals surface area contributed by atoms with E-state index in [9.17, 15) is 9.90 Å². The van der Waals surface area contributed by atoms with Gasteiger partial charge in [0, 0.05) is 19.2 Å². The van der Waals surface area contributed by atoms with Crippen LogP contribution < -0.4 is 0 Å². The average molecular weight is 261 g/mol. The Labute approximate surface area is 113 Å². The van der Waals surface area contributed by atoms with Gasteiger partial charge in [-0.2, -0.15) is 0 Å². The molecule has 1 aliphatic heterocycles. The van der Waals surface area contributed by atoms with Gasteiger partial charge in [-0.25, -0.2) is 0 Å². The lowest BCUT2D eigenvalue weighted by atomic mass is 9.95. The summed E-state index contributed by atoms with van der Waals surface area (Å²) in [5.41, 5.74) is 0.0789. The first kappa shape index (κ1) is 13.6. The van der Waals surface area contributed by atoms with E-state index in [1.165, 1.54) is 6.08 Å². The Bertz CT molecular complexity index is 477. The van der Waals surface area contributed by atoms with E-state index in [2.05, 4.69) is 0 Å². The summed E-state index contributed by atoms with van der Waals surface area (Å²) < 4.78 is 0. The van der Waals surface area contributed by atoms with E-state index in [1.54, 1.807) is 42.2 Å². The van der Waals surface area contributed by atoms with Crippen molar-refractivity contribution < 1.29 is 15.0 Å². The monoisotopic (exact) mass is 261 g/mol. The molecule has 2 rings (SSSR count). The van der Waals surface area contributed by atoms with Gasteiger partial charge in [0.05, 0.1) is 5.60 Å². The summed E-state index contributed by atoms with van der Waals surface area (Å²) in [6.07, 6.45) is 4.78. The quantitative estimate of drug-likeness (QED) is 0.798. The van der Waals surface area contributed by atoms with Gasteiger partial charge in [0.15, 0.2) is 0 Å². The zero-order valence-corrected chi connectivity index (χ0v) is 11.0. The van der Waals surface area contributed by atoms with E-state index in [1.807, 2.05) is 0 Å². The molecule has 1 fully saturated rings. The molecular formula is C15H19NO3. The van der Waals surface area contributed by atoms with Crippen LogP contribution in [-0.2, 0) is 4.79 Å². The van der Waals surface area contributed by atoms with Crippen LogP contribution in [0.2, 0.25) is 0 Å². The van der Waals surface area contributed by atoms with Gasteiger partial charge in [-0.1, -0.05) is 12.1 Å². The molecule has 4 heteroatoms. The van der Waals surface area contributed by atoms with Crippen molar-refractivity contribution in [1.82, 2.24) is 4.90 Å². The molecule has 0 aliphatic carbocycles. The highest BCUT2D eigenvalue weighted by Crippen LogP contribution is 2.20. The number of β-amino-alcohol motifs (C(OH)–C–C–N with tert-alkyl or cyclic N) is 1. The SMILES string of the molecule is CC1(O)CCCN(C(=O)/C=C/c2ccc(O)cc2)C1.